The molecule has 0 heterocycles. The lowest BCUT2D eigenvalue weighted by Gasteiger charge is -1.95. The van der Waals surface area contributed by atoms with Crippen LogP contribution in [0.25, 0.3) is 0 Å². The van der Waals surface area contributed by atoms with Crippen LogP contribution >= 0.6 is 46.6 Å². The highest BCUT2D eigenvalue weighted by molar-refractivity contribution is 14.1. The molecular formula is C6H20IN6S2+. The Morgan fingerprint density at radius 2 is 1.73 bits per heavy atom. The minimum atomic E-state index is 0.231. The molecule has 8 N–H and O–H groups in total. The highest BCUT2D eigenvalue weighted by atomic mass is 127. The first-order valence-corrected chi connectivity index (χ1v) is 7.56. The third kappa shape index (κ3) is 20.3. The summed E-state index contributed by atoms with van der Waals surface area (Å²) in [5.74, 6) is 9.50. The van der Waals surface area contributed by atoms with Gasteiger partial charge in [0.05, 0.1) is 14.1 Å². The van der Waals surface area contributed by atoms with Crippen molar-refractivity contribution in [3.05, 3.63) is 0 Å². The zero-order valence-corrected chi connectivity index (χ0v) is 13.1. The number of hydrogen-bond acceptors (Lipinski definition) is 4. The van der Waals surface area contributed by atoms with Crippen molar-refractivity contribution in [2.45, 2.75) is 0 Å². The van der Waals surface area contributed by atoms with Crippen LogP contribution < -0.4 is 32.8 Å². The van der Waals surface area contributed by atoms with Gasteiger partial charge in [-0.2, -0.15) is 0 Å². The molecular weight excluding hydrogens is 347 g/mol. The smallest absolute Gasteiger partial charge is 0.300 e. The molecule has 6 nitrogen and oxygen atoms in total. The molecule has 0 aromatic carbocycles. The van der Waals surface area contributed by atoms with Crippen LogP contribution in [0, 0.1) is 0 Å². The lowest BCUT2D eigenvalue weighted by molar-refractivity contribution is -0.418. The molecule has 0 radical (unpaired) electrons. The maximum Gasteiger partial charge on any atom is 0.303 e. The quantitative estimate of drug-likeness (QED) is 0.0554. The molecule has 0 aromatic heterocycles. The second kappa shape index (κ2) is 19.7. The maximum absolute atomic E-state index is 4.75. The first-order valence-electron chi connectivity index (χ1n) is 3.77. The number of rotatable bonds is 0. The molecule has 9 heteroatoms. The minimum Gasteiger partial charge on any atom is -0.300 e. The molecule has 0 aliphatic carbocycles. The summed E-state index contributed by atoms with van der Waals surface area (Å²) < 4.78 is 0. The van der Waals surface area contributed by atoms with Crippen molar-refractivity contribution < 1.29 is 4.99 Å². The largest absolute Gasteiger partial charge is 0.303 e. The molecule has 92 valence electrons. The van der Waals surface area contributed by atoms with Gasteiger partial charge in [-0.05, 0) is 35.2 Å². The fraction of sp³-hybridized carbons (Fsp3) is 0.667. The molecule has 0 saturated carbocycles. The molecule has 0 aromatic rings. The standard InChI is InChI=1S/C4H10N2S.CH3I.CH6N4S/c1-5-4(6-2)7-3;1-2;2-4-1(6)5-3/h1-3H3,(H,5,6);1H3;2-3H2,(H2,4,5,6)/p+1. The van der Waals surface area contributed by atoms with E-state index in [4.69, 9.17) is 11.7 Å². The third-order valence-corrected chi connectivity index (χ3v) is 1.97. The summed E-state index contributed by atoms with van der Waals surface area (Å²) in [6, 6.07) is 0. The lowest BCUT2D eigenvalue weighted by atomic mass is 11.1. The van der Waals surface area contributed by atoms with Crippen LogP contribution in [0.4, 0.5) is 0 Å². The number of halogens is 1. The Morgan fingerprint density at radius 3 is 1.73 bits per heavy atom. The molecule has 0 amide bonds. The van der Waals surface area contributed by atoms with Crippen molar-refractivity contribution in [1.29, 1.82) is 0 Å². The van der Waals surface area contributed by atoms with Crippen LogP contribution in [0.15, 0.2) is 0 Å². The van der Waals surface area contributed by atoms with E-state index < -0.39 is 0 Å². The van der Waals surface area contributed by atoms with Gasteiger partial charge in [-0.1, -0.05) is 22.6 Å². The van der Waals surface area contributed by atoms with Crippen molar-refractivity contribution in [1.82, 2.24) is 16.2 Å². The number of alkyl halides is 1. The summed E-state index contributed by atoms with van der Waals surface area (Å²) in [5, 5.41) is 4.30. The number of nitrogens with two attached hydrogens (primary N) is 2. The Labute approximate surface area is 114 Å². The summed E-state index contributed by atoms with van der Waals surface area (Å²) in [5.41, 5.74) is 4.22. The van der Waals surface area contributed by atoms with E-state index in [1.165, 1.54) is 0 Å². The maximum atomic E-state index is 4.75. The van der Waals surface area contributed by atoms with Gasteiger partial charge < -0.3 is 0 Å². The van der Waals surface area contributed by atoms with Crippen LogP contribution in [0.5, 0.6) is 0 Å². The van der Waals surface area contributed by atoms with E-state index in [0.717, 1.165) is 5.17 Å². The summed E-state index contributed by atoms with van der Waals surface area (Å²) in [6.07, 6.45) is 2.02. The van der Waals surface area contributed by atoms with Crippen molar-refractivity contribution in [2.24, 2.45) is 11.7 Å². The van der Waals surface area contributed by atoms with Gasteiger partial charge in [0.2, 0.25) is 0 Å². The SMILES string of the molecule is CI.CNC(=[NH+]C)SC.NNC(=S)NN. The Morgan fingerprint density at radius 1 is 1.33 bits per heavy atom. The minimum absolute atomic E-state index is 0.231. The van der Waals surface area contributed by atoms with E-state index in [0.29, 0.717) is 0 Å². The highest BCUT2D eigenvalue weighted by Crippen LogP contribution is 1.83. The first kappa shape index (κ1) is 20.6. The third-order valence-electron chi connectivity index (χ3n) is 0.920. The molecule has 0 aliphatic heterocycles. The van der Waals surface area contributed by atoms with E-state index in [1.807, 2.05) is 25.3 Å². The number of nitrogens with one attached hydrogen (secondary N) is 4. The number of thiocarbonyl (C=S) groups is 1. The highest BCUT2D eigenvalue weighted by Gasteiger charge is 1.92. The average molecular weight is 367 g/mol. The Hall–Kier alpha value is 0.160. The molecule has 0 bridgehead atoms. The molecule has 0 unspecified atom stereocenters. The zero-order valence-electron chi connectivity index (χ0n) is 9.35. The van der Waals surface area contributed by atoms with Gasteiger partial charge in [-0.15, -0.1) is 0 Å². The normalized spacial score (nSPS) is 8.60. The van der Waals surface area contributed by atoms with Crippen molar-refractivity contribution >= 4 is 56.9 Å². The monoisotopic (exact) mass is 367 g/mol. The Kier molecular flexibility index (Phi) is 27.0. The first-order chi connectivity index (χ1) is 7.15. The van der Waals surface area contributed by atoms with Crippen LogP contribution in [0.3, 0.4) is 0 Å². The van der Waals surface area contributed by atoms with Crippen LogP contribution in [0.2, 0.25) is 0 Å². The van der Waals surface area contributed by atoms with Gasteiger partial charge in [0, 0.05) is 0 Å². The molecule has 0 atom stereocenters. The molecule has 0 aliphatic rings. The second-order valence-corrected chi connectivity index (χ2v) is 2.88. The van der Waals surface area contributed by atoms with Gasteiger partial charge in [-0.25, -0.2) is 11.7 Å². The van der Waals surface area contributed by atoms with E-state index >= 15 is 0 Å². The summed E-state index contributed by atoms with van der Waals surface area (Å²) >= 11 is 8.20. The second-order valence-electron chi connectivity index (χ2n) is 1.65. The van der Waals surface area contributed by atoms with Crippen LogP contribution in [0.1, 0.15) is 0 Å². The van der Waals surface area contributed by atoms with Crippen molar-refractivity contribution in [2.75, 3.05) is 25.3 Å². The van der Waals surface area contributed by atoms with Gasteiger partial charge in [-0.3, -0.25) is 21.2 Å². The summed E-state index contributed by atoms with van der Waals surface area (Å²) in [4.78, 5) is 4.94. The lowest BCUT2D eigenvalue weighted by Crippen LogP contribution is -2.70. The molecule has 0 fully saturated rings. The topological polar surface area (TPSA) is 102 Å². The molecule has 0 spiro atoms. The Balaban J connectivity index is -0.000000166. The average Bonchev–Trinajstić information content (AvgIpc) is 2.33. The van der Waals surface area contributed by atoms with Gasteiger partial charge >= 0.3 is 5.17 Å². The van der Waals surface area contributed by atoms with E-state index in [-0.39, 0.29) is 5.11 Å². The van der Waals surface area contributed by atoms with Crippen molar-refractivity contribution in [3.63, 3.8) is 0 Å². The number of thioether (sulfide) groups is 1. The van der Waals surface area contributed by atoms with Crippen LogP contribution in [-0.2, 0) is 0 Å². The fourth-order valence-corrected chi connectivity index (χ4v) is 0.779. The van der Waals surface area contributed by atoms with E-state index in [9.17, 15) is 0 Å². The Bertz CT molecular complexity index is 154. The number of hydrazine groups is 2. The predicted molar refractivity (Wildman–Crippen MR) is 81.7 cm³/mol. The number of amidine groups is 1. The van der Waals surface area contributed by atoms with E-state index in [2.05, 4.69) is 56.0 Å². The van der Waals surface area contributed by atoms with Crippen molar-refractivity contribution in [3.8, 4) is 0 Å². The van der Waals surface area contributed by atoms with Crippen LogP contribution in [-0.4, -0.2) is 35.6 Å². The molecule has 0 rings (SSSR count). The zero-order chi connectivity index (χ0) is 12.7. The predicted octanol–water partition coefficient (Wildman–Crippen LogP) is -2.12. The number of hydrogen-bond donors (Lipinski definition) is 6. The summed E-state index contributed by atoms with van der Waals surface area (Å²) in [7, 11) is 3.78. The molecule has 15 heavy (non-hydrogen) atoms. The van der Waals surface area contributed by atoms with Gasteiger partial charge in [0.25, 0.3) is 0 Å². The molecule has 0 saturated heterocycles. The van der Waals surface area contributed by atoms with Gasteiger partial charge in [0.15, 0.2) is 5.11 Å². The summed E-state index contributed by atoms with van der Waals surface area (Å²) in [6.45, 7) is 0. The fourth-order valence-electron chi connectivity index (χ4n) is 0.371. The van der Waals surface area contributed by atoms with E-state index in [1.54, 1.807) is 11.8 Å². The van der Waals surface area contributed by atoms with Gasteiger partial charge in [0.1, 0.15) is 0 Å².